The molecule has 0 bridgehead atoms. The van der Waals surface area contributed by atoms with Gasteiger partial charge in [0.15, 0.2) is 11.6 Å². The fourth-order valence-corrected chi connectivity index (χ4v) is 1.25. The molecule has 1 aromatic heterocycles. The minimum absolute atomic E-state index is 0.0885. The number of rotatable bonds is 0. The SMILES string of the molecule is Cc1cnc2c(F)c(F)ccc2c1. The minimum atomic E-state index is -0.877. The molecule has 1 heterocycles. The van der Waals surface area contributed by atoms with Gasteiger partial charge in [0, 0.05) is 11.6 Å². The Morgan fingerprint density at radius 1 is 1.23 bits per heavy atom. The van der Waals surface area contributed by atoms with Crippen LogP contribution in [0.4, 0.5) is 8.78 Å². The molecular formula is C10H7F2N. The van der Waals surface area contributed by atoms with Crippen LogP contribution in [0.15, 0.2) is 24.4 Å². The fraction of sp³-hybridized carbons (Fsp3) is 0.100. The summed E-state index contributed by atoms with van der Waals surface area (Å²) in [5.74, 6) is -1.73. The highest BCUT2D eigenvalue weighted by molar-refractivity contribution is 5.79. The number of halogens is 2. The van der Waals surface area contributed by atoms with Gasteiger partial charge in [0.25, 0.3) is 0 Å². The molecule has 2 aromatic rings. The fourth-order valence-electron chi connectivity index (χ4n) is 1.25. The number of nitrogens with zero attached hydrogens (tertiary/aromatic N) is 1. The zero-order chi connectivity index (χ0) is 9.42. The molecule has 0 amide bonds. The predicted octanol–water partition coefficient (Wildman–Crippen LogP) is 2.82. The van der Waals surface area contributed by atoms with Gasteiger partial charge in [-0.3, -0.25) is 4.98 Å². The molecule has 2 rings (SSSR count). The monoisotopic (exact) mass is 179 g/mol. The van der Waals surface area contributed by atoms with Crippen LogP contribution in [-0.2, 0) is 0 Å². The summed E-state index contributed by atoms with van der Waals surface area (Å²) in [6.45, 7) is 1.85. The van der Waals surface area contributed by atoms with Gasteiger partial charge in [-0.2, -0.15) is 0 Å². The third-order valence-corrected chi connectivity index (χ3v) is 1.88. The summed E-state index contributed by atoms with van der Waals surface area (Å²) in [7, 11) is 0. The highest BCUT2D eigenvalue weighted by Gasteiger charge is 2.07. The van der Waals surface area contributed by atoms with E-state index in [1.165, 1.54) is 12.3 Å². The number of aromatic nitrogens is 1. The zero-order valence-electron chi connectivity index (χ0n) is 7.01. The van der Waals surface area contributed by atoms with E-state index in [0.29, 0.717) is 5.39 Å². The van der Waals surface area contributed by atoms with Crippen molar-refractivity contribution in [3.63, 3.8) is 0 Å². The Kier molecular flexibility index (Phi) is 1.72. The summed E-state index contributed by atoms with van der Waals surface area (Å²) in [6, 6.07) is 4.40. The first-order valence-electron chi connectivity index (χ1n) is 3.89. The number of aryl methyl sites for hydroxylation is 1. The maximum Gasteiger partial charge on any atom is 0.184 e. The first-order valence-corrected chi connectivity index (χ1v) is 3.89. The summed E-state index contributed by atoms with van der Waals surface area (Å²) in [6.07, 6.45) is 1.52. The van der Waals surface area contributed by atoms with Crippen molar-refractivity contribution in [1.29, 1.82) is 0 Å². The van der Waals surface area contributed by atoms with Crippen molar-refractivity contribution in [2.75, 3.05) is 0 Å². The van der Waals surface area contributed by atoms with Gasteiger partial charge in [-0.25, -0.2) is 8.78 Å². The first kappa shape index (κ1) is 8.10. The lowest BCUT2D eigenvalue weighted by molar-refractivity contribution is 0.515. The molecule has 0 fully saturated rings. The predicted molar refractivity (Wildman–Crippen MR) is 46.4 cm³/mol. The molecule has 1 aromatic carbocycles. The molecule has 0 saturated carbocycles. The van der Waals surface area contributed by atoms with E-state index in [9.17, 15) is 8.78 Å². The molecule has 0 unspecified atom stereocenters. The Morgan fingerprint density at radius 3 is 2.77 bits per heavy atom. The second-order valence-electron chi connectivity index (χ2n) is 2.95. The van der Waals surface area contributed by atoms with Gasteiger partial charge in [-0.15, -0.1) is 0 Å². The Bertz CT molecular complexity index is 466. The van der Waals surface area contributed by atoms with Crippen molar-refractivity contribution >= 4 is 10.9 Å². The van der Waals surface area contributed by atoms with Crippen molar-refractivity contribution < 1.29 is 8.78 Å². The normalized spacial score (nSPS) is 10.7. The molecule has 0 radical (unpaired) electrons. The van der Waals surface area contributed by atoms with Crippen LogP contribution >= 0.6 is 0 Å². The van der Waals surface area contributed by atoms with Crippen LogP contribution in [0.25, 0.3) is 10.9 Å². The van der Waals surface area contributed by atoms with E-state index in [2.05, 4.69) is 4.98 Å². The highest BCUT2D eigenvalue weighted by atomic mass is 19.2. The van der Waals surface area contributed by atoms with Crippen LogP contribution in [0.3, 0.4) is 0 Å². The van der Waals surface area contributed by atoms with E-state index in [0.717, 1.165) is 11.6 Å². The molecule has 0 aliphatic carbocycles. The second kappa shape index (κ2) is 2.76. The van der Waals surface area contributed by atoms with E-state index >= 15 is 0 Å². The molecule has 66 valence electrons. The molecule has 0 saturated heterocycles. The lowest BCUT2D eigenvalue weighted by Gasteiger charge is -2.00. The van der Waals surface area contributed by atoms with Crippen LogP contribution < -0.4 is 0 Å². The van der Waals surface area contributed by atoms with E-state index in [1.54, 1.807) is 6.07 Å². The van der Waals surface area contributed by atoms with Crippen LogP contribution in [0.1, 0.15) is 5.56 Å². The van der Waals surface area contributed by atoms with Crippen molar-refractivity contribution in [1.82, 2.24) is 4.98 Å². The van der Waals surface area contributed by atoms with Gasteiger partial charge < -0.3 is 0 Å². The summed E-state index contributed by atoms with van der Waals surface area (Å²) < 4.78 is 25.8. The molecule has 0 aliphatic rings. The minimum Gasteiger partial charge on any atom is -0.253 e. The van der Waals surface area contributed by atoms with Crippen molar-refractivity contribution in [2.24, 2.45) is 0 Å². The van der Waals surface area contributed by atoms with Gasteiger partial charge in [-0.1, -0.05) is 0 Å². The molecule has 0 aliphatic heterocycles. The van der Waals surface area contributed by atoms with E-state index in [-0.39, 0.29) is 5.52 Å². The molecule has 0 spiro atoms. The van der Waals surface area contributed by atoms with Gasteiger partial charge in [0.05, 0.1) is 0 Å². The smallest absolute Gasteiger partial charge is 0.184 e. The number of benzene rings is 1. The van der Waals surface area contributed by atoms with E-state index in [4.69, 9.17) is 0 Å². The summed E-state index contributed by atoms with van der Waals surface area (Å²) in [5, 5.41) is 0.624. The topological polar surface area (TPSA) is 12.9 Å². The summed E-state index contributed by atoms with van der Waals surface area (Å²) >= 11 is 0. The largest absolute Gasteiger partial charge is 0.253 e. The van der Waals surface area contributed by atoms with Gasteiger partial charge in [0.2, 0.25) is 0 Å². The van der Waals surface area contributed by atoms with E-state index in [1.807, 2.05) is 6.92 Å². The second-order valence-corrected chi connectivity index (χ2v) is 2.95. The summed E-state index contributed by atoms with van der Waals surface area (Å²) in [4.78, 5) is 3.83. The lowest BCUT2D eigenvalue weighted by Crippen LogP contribution is -1.89. The average molecular weight is 179 g/mol. The standard InChI is InChI=1S/C10H7F2N/c1-6-4-7-2-3-8(11)9(12)10(7)13-5-6/h2-5H,1H3. The van der Waals surface area contributed by atoms with Crippen LogP contribution in [0.2, 0.25) is 0 Å². The van der Waals surface area contributed by atoms with Crippen LogP contribution in [-0.4, -0.2) is 4.98 Å². The van der Waals surface area contributed by atoms with Crippen LogP contribution in [0, 0.1) is 18.6 Å². The molecule has 1 nitrogen and oxygen atoms in total. The highest BCUT2D eigenvalue weighted by Crippen LogP contribution is 2.18. The van der Waals surface area contributed by atoms with Crippen molar-refractivity contribution in [3.8, 4) is 0 Å². The molecule has 3 heteroatoms. The average Bonchev–Trinajstić information content (AvgIpc) is 2.12. The maximum atomic E-state index is 13.1. The Labute approximate surface area is 74.0 Å². The Morgan fingerprint density at radius 2 is 2.00 bits per heavy atom. The lowest BCUT2D eigenvalue weighted by atomic mass is 10.1. The summed E-state index contributed by atoms with van der Waals surface area (Å²) in [5.41, 5.74) is 1.02. The number of pyridine rings is 1. The third-order valence-electron chi connectivity index (χ3n) is 1.88. The first-order chi connectivity index (χ1) is 6.18. The number of fused-ring (bicyclic) bond motifs is 1. The molecule has 0 atom stereocenters. The third kappa shape index (κ3) is 1.26. The quantitative estimate of drug-likeness (QED) is 0.606. The zero-order valence-corrected chi connectivity index (χ0v) is 7.01. The maximum absolute atomic E-state index is 13.1. The van der Waals surface area contributed by atoms with Crippen molar-refractivity contribution in [3.05, 3.63) is 41.6 Å². The molecule has 13 heavy (non-hydrogen) atoms. The van der Waals surface area contributed by atoms with Gasteiger partial charge in [0.1, 0.15) is 5.52 Å². The van der Waals surface area contributed by atoms with Crippen molar-refractivity contribution in [2.45, 2.75) is 6.92 Å². The van der Waals surface area contributed by atoms with Gasteiger partial charge in [-0.05, 0) is 30.7 Å². The van der Waals surface area contributed by atoms with Gasteiger partial charge >= 0.3 is 0 Å². The Balaban J connectivity index is 2.87. The number of hydrogen-bond acceptors (Lipinski definition) is 1. The van der Waals surface area contributed by atoms with Crippen LogP contribution in [0.5, 0.6) is 0 Å². The Hall–Kier alpha value is -1.51. The molecular weight excluding hydrogens is 172 g/mol. The van der Waals surface area contributed by atoms with E-state index < -0.39 is 11.6 Å². The number of hydrogen-bond donors (Lipinski definition) is 0. The molecule has 0 N–H and O–H groups in total.